The molecule has 0 saturated heterocycles. The minimum absolute atomic E-state index is 0.108. The number of fused-ring (bicyclic) bond motifs is 1. The van der Waals surface area contributed by atoms with Crippen molar-refractivity contribution in [1.82, 2.24) is 14.8 Å². The standard InChI is InChI=1S/C16H16N4O3S/c1-3-14-18-19-16(24-14)17-13(21)9-23-12-6-4-5-11-10(12)7-8-20(2)15(11)22/h4-8H,3,9H2,1-2H3,(H,17,19,21). The fraction of sp³-hybridized carbons (Fsp3) is 0.250. The summed E-state index contributed by atoms with van der Waals surface area (Å²) in [6.45, 7) is 1.80. The van der Waals surface area contributed by atoms with Crippen LogP contribution in [0.3, 0.4) is 0 Å². The summed E-state index contributed by atoms with van der Waals surface area (Å²) in [6.07, 6.45) is 2.44. The van der Waals surface area contributed by atoms with Crippen molar-refractivity contribution in [2.24, 2.45) is 7.05 Å². The maximum atomic E-state index is 12.1. The normalized spacial score (nSPS) is 10.8. The lowest BCUT2D eigenvalue weighted by Gasteiger charge is -2.09. The first kappa shape index (κ1) is 16.1. The summed E-state index contributed by atoms with van der Waals surface area (Å²) < 4.78 is 7.08. The van der Waals surface area contributed by atoms with Crippen molar-refractivity contribution in [3.63, 3.8) is 0 Å². The Morgan fingerprint density at radius 2 is 2.12 bits per heavy atom. The Morgan fingerprint density at radius 3 is 2.88 bits per heavy atom. The Morgan fingerprint density at radius 1 is 1.29 bits per heavy atom. The van der Waals surface area contributed by atoms with Gasteiger partial charge in [-0.25, -0.2) is 0 Å². The molecule has 3 aromatic rings. The second-order valence-corrected chi connectivity index (χ2v) is 6.20. The first-order chi connectivity index (χ1) is 11.6. The number of carbonyl (C=O) groups excluding carboxylic acids is 1. The van der Waals surface area contributed by atoms with Crippen molar-refractivity contribution in [2.45, 2.75) is 13.3 Å². The van der Waals surface area contributed by atoms with Crippen LogP contribution in [0.5, 0.6) is 5.75 Å². The summed E-state index contributed by atoms with van der Waals surface area (Å²) in [5.74, 6) is 0.168. The number of benzene rings is 1. The number of amides is 1. The van der Waals surface area contributed by atoms with E-state index in [0.717, 1.165) is 11.4 Å². The first-order valence-electron chi connectivity index (χ1n) is 7.42. The topological polar surface area (TPSA) is 86.1 Å². The molecule has 0 aliphatic heterocycles. The fourth-order valence-electron chi connectivity index (χ4n) is 2.22. The molecule has 0 aliphatic rings. The molecule has 3 rings (SSSR count). The van der Waals surface area contributed by atoms with Gasteiger partial charge in [-0.2, -0.15) is 0 Å². The van der Waals surface area contributed by atoms with Crippen LogP contribution >= 0.6 is 11.3 Å². The van der Waals surface area contributed by atoms with E-state index in [-0.39, 0.29) is 18.1 Å². The van der Waals surface area contributed by atoms with Crippen LogP contribution in [-0.4, -0.2) is 27.3 Å². The van der Waals surface area contributed by atoms with Gasteiger partial charge < -0.3 is 9.30 Å². The molecule has 2 aromatic heterocycles. The number of aromatic nitrogens is 3. The molecule has 24 heavy (non-hydrogen) atoms. The molecule has 2 heterocycles. The van der Waals surface area contributed by atoms with Crippen LogP contribution in [0, 0.1) is 0 Å². The Kier molecular flexibility index (Phi) is 4.57. The molecule has 124 valence electrons. The van der Waals surface area contributed by atoms with Gasteiger partial charge in [-0.05, 0) is 24.6 Å². The van der Waals surface area contributed by atoms with Crippen LogP contribution in [0.2, 0.25) is 0 Å². The predicted molar refractivity (Wildman–Crippen MR) is 92.6 cm³/mol. The Bertz CT molecular complexity index is 948. The molecule has 1 N–H and O–H groups in total. The zero-order chi connectivity index (χ0) is 17.1. The number of carbonyl (C=O) groups is 1. The van der Waals surface area contributed by atoms with E-state index in [1.807, 2.05) is 6.92 Å². The number of ether oxygens (including phenoxy) is 1. The number of pyridine rings is 1. The van der Waals surface area contributed by atoms with Gasteiger partial charge in [0.25, 0.3) is 11.5 Å². The number of nitrogens with zero attached hydrogens (tertiary/aromatic N) is 3. The minimum Gasteiger partial charge on any atom is -0.483 e. The second kappa shape index (κ2) is 6.79. The second-order valence-electron chi connectivity index (χ2n) is 5.14. The van der Waals surface area contributed by atoms with Crippen LogP contribution < -0.4 is 15.6 Å². The highest BCUT2D eigenvalue weighted by atomic mass is 32.1. The molecule has 1 aromatic carbocycles. The van der Waals surface area contributed by atoms with E-state index >= 15 is 0 Å². The summed E-state index contributed by atoms with van der Waals surface area (Å²) in [6, 6.07) is 6.99. The van der Waals surface area contributed by atoms with E-state index in [1.54, 1.807) is 37.5 Å². The molecule has 0 atom stereocenters. The van der Waals surface area contributed by atoms with Crippen molar-refractivity contribution in [3.05, 3.63) is 45.8 Å². The molecule has 0 bridgehead atoms. The van der Waals surface area contributed by atoms with Crippen LogP contribution in [0.4, 0.5) is 5.13 Å². The van der Waals surface area contributed by atoms with Gasteiger partial charge in [0, 0.05) is 18.6 Å². The van der Waals surface area contributed by atoms with E-state index in [2.05, 4.69) is 15.5 Å². The Hall–Kier alpha value is -2.74. The molecule has 0 fully saturated rings. The Labute approximate surface area is 141 Å². The molecule has 0 spiro atoms. The Balaban J connectivity index is 1.72. The van der Waals surface area contributed by atoms with Gasteiger partial charge >= 0.3 is 0 Å². The lowest BCUT2D eigenvalue weighted by Crippen LogP contribution is -2.20. The van der Waals surface area contributed by atoms with Crippen molar-refractivity contribution >= 4 is 33.1 Å². The number of nitrogens with one attached hydrogen (secondary N) is 1. The van der Waals surface area contributed by atoms with E-state index in [0.29, 0.717) is 21.7 Å². The maximum absolute atomic E-state index is 12.1. The quantitative estimate of drug-likeness (QED) is 0.765. The SMILES string of the molecule is CCc1nnc(NC(=O)COc2cccc3c(=O)n(C)ccc23)s1. The minimum atomic E-state index is -0.324. The van der Waals surface area contributed by atoms with E-state index in [1.165, 1.54) is 15.9 Å². The maximum Gasteiger partial charge on any atom is 0.264 e. The molecule has 1 amide bonds. The average molecular weight is 344 g/mol. The van der Waals surface area contributed by atoms with Gasteiger partial charge in [0.15, 0.2) is 6.61 Å². The summed E-state index contributed by atoms with van der Waals surface area (Å²) >= 11 is 1.34. The highest BCUT2D eigenvalue weighted by Crippen LogP contribution is 2.23. The van der Waals surface area contributed by atoms with Gasteiger partial charge in [0.05, 0.1) is 5.39 Å². The highest BCUT2D eigenvalue weighted by molar-refractivity contribution is 7.15. The number of rotatable bonds is 5. The lowest BCUT2D eigenvalue weighted by atomic mass is 10.1. The highest BCUT2D eigenvalue weighted by Gasteiger charge is 2.10. The molecule has 0 saturated carbocycles. The third-order valence-electron chi connectivity index (χ3n) is 3.46. The molecule has 7 nitrogen and oxygen atoms in total. The predicted octanol–water partition coefficient (Wildman–Crippen LogP) is 1.97. The zero-order valence-corrected chi connectivity index (χ0v) is 14.1. The smallest absolute Gasteiger partial charge is 0.264 e. The summed E-state index contributed by atoms with van der Waals surface area (Å²) in [4.78, 5) is 24.1. The van der Waals surface area contributed by atoms with Crippen molar-refractivity contribution in [1.29, 1.82) is 0 Å². The molecular formula is C16H16N4O3S. The van der Waals surface area contributed by atoms with Crippen LogP contribution in [0.15, 0.2) is 35.3 Å². The van der Waals surface area contributed by atoms with Crippen LogP contribution in [0.1, 0.15) is 11.9 Å². The lowest BCUT2D eigenvalue weighted by molar-refractivity contribution is -0.118. The summed E-state index contributed by atoms with van der Waals surface area (Å²) in [7, 11) is 1.69. The van der Waals surface area contributed by atoms with E-state index in [4.69, 9.17) is 4.74 Å². The molecule has 0 aliphatic carbocycles. The van der Waals surface area contributed by atoms with E-state index in [9.17, 15) is 9.59 Å². The van der Waals surface area contributed by atoms with E-state index < -0.39 is 0 Å². The van der Waals surface area contributed by atoms with Gasteiger partial charge in [0.2, 0.25) is 5.13 Å². The van der Waals surface area contributed by atoms with Crippen molar-refractivity contribution in [3.8, 4) is 5.75 Å². The number of anilines is 1. The molecule has 8 heteroatoms. The summed E-state index contributed by atoms with van der Waals surface area (Å²) in [5, 5.41) is 13.0. The summed E-state index contributed by atoms with van der Waals surface area (Å²) in [5.41, 5.74) is -0.108. The van der Waals surface area contributed by atoms with Gasteiger partial charge in [-0.15, -0.1) is 10.2 Å². The van der Waals surface area contributed by atoms with Gasteiger partial charge in [-0.3, -0.25) is 14.9 Å². The first-order valence-corrected chi connectivity index (χ1v) is 8.23. The van der Waals surface area contributed by atoms with Crippen molar-refractivity contribution in [2.75, 3.05) is 11.9 Å². The zero-order valence-electron chi connectivity index (χ0n) is 13.3. The molecule has 0 unspecified atom stereocenters. The van der Waals surface area contributed by atoms with Crippen LogP contribution in [-0.2, 0) is 18.3 Å². The average Bonchev–Trinajstić information content (AvgIpc) is 3.04. The van der Waals surface area contributed by atoms with Gasteiger partial charge in [0.1, 0.15) is 10.8 Å². The third kappa shape index (κ3) is 3.28. The van der Waals surface area contributed by atoms with Gasteiger partial charge in [-0.1, -0.05) is 24.3 Å². The number of hydrogen-bond acceptors (Lipinski definition) is 6. The number of hydrogen-bond donors (Lipinski definition) is 1. The molecule has 0 radical (unpaired) electrons. The number of aryl methyl sites for hydroxylation is 2. The van der Waals surface area contributed by atoms with Crippen molar-refractivity contribution < 1.29 is 9.53 Å². The third-order valence-corrected chi connectivity index (χ3v) is 4.44. The fourth-order valence-corrected chi connectivity index (χ4v) is 2.91. The largest absolute Gasteiger partial charge is 0.483 e. The monoisotopic (exact) mass is 344 g/mol. The van der Waals surface area contributed by atoms with Crippen LogP contribution in [0.25, 0.3) is 10.8 Å². The molecular weight excluding hydrogens is 328 g/mol.